The van der Waals surface area contributed by atoms with Crippen LogP contribution in [0.5, 0.6) is 0 Å². The Kier molecular flexibility index (Phi) is 4.93. The average Bonchev–Trinajstić information content (AvgIpc) is 2.47. The van der Waals surface area contributed by atoms with E-state index >= 15 is 0 Å². The lowest BCUT2D eigenvalue weighted by Crippen LogP contribution is -2.38. The van der Waals surface area contributed by atoms with Crippen molar-refractivity contribution < 1.29 is 31.5 Å². The molecule has 0 aliphatic carbocycles. The standard InChI is InChI=1S/C15H15F5N2O2/c1-14(7-24-6-12(21)22-14)9-4-8(2-3-10(9)16)5-11(23)13(17)15(18,19)20/h2-4,13H,5-7H2,1H3,(H2,21,22)/t13?,14-/m0/s1. The van der Waals surface area contributed by atoms with E-state index in [1.807, 2.05) is 0 Å². The van der Waals surface area contributed by atoms with E-state index in [1.54, 1.807) is 0 Å². The van der Waals surface area contributed by atoms with Gasteiger partial charge < -0.3 is 10.5 Å². The molecular weight excluding hydrogens is 335 g/mol. The van der Waals surface area contributed by atoms with E-state index in [0.29, 0.717) is 0 Å². The van der Waals surface area contributed by atoms with Crippen LogP contribution in [-0.4, -0.2) is 37.2 Å². The van der Waals surface area contributed by atoms with Crippen LogP contribution in [0.4, 0.5) is 22.0 Å². The number of aliphatic imine (C=N–C) groups is 1. The molecule has 1 aromatic rings. The number of ether oxygens (including phenoxy) is 1. The van der Waals surface area contributed by atoms with Gasteiger partial charge in [-0.3, -0.25) is 9.79 Å². The van der Waals surface area contributed by atoms with Crippen molar-refractivity contribution in [1.82, 2.24) is 0 Å². The number of Topliss-reactive ketones (excluding diaryl/α,β-unsaturated/α-hetero) is 1. The second-order valence-electron chi connectivity index (χ2n) is 5.73. The molecule has 0 spiro atoms. The molecule has 1 aliphatic heterocycles. The summed E-state index contributed by atoms with van der Waals surface area (Å²) in [7, 11) is 0. The minimum atomic E-state index is -5.26. The third-order valence-electron chi connectivity index (χ3n) is 3.58. The minimum Gasteiger partial charge on any atom is -0.386 e. The lowest BCUT2D eigenvalue weighted by atomic mass is 9.90. The predicted molar refractivity (Wildman–Crippen MR) is 75.9 cm³/mol. The number of ketones is 1. The number of hydrogen-bond donors (Lipinski definition) is 1. The Bertz CT molecular complexity index is 674. The number of alkyl halides is 4. The van der Waals surface area contributed by atoms with Crippen LogP contribution in [0, 0.1) is 5.82 Å². The number of hydrogen-bond acceptors (Lipinski definition) is 4. The van der Waals surface area contributed by atoms with E-state index in [9.17, 15) is 26.7 Å². The molecule has 24 heavy (non-hydrogen) atoms. The molecule has 1 aromatic carbocycles. The van der Waals surface area contributed by atoms with Crippen LogP contribution in [-0.2, 0) is 21.5 Å². The Labute approximate surface area is 134 Å². The second-order valence-corrected chi connectivity index (χ2v) is 5.73. The van der Waals surface area contributed by atoms with Crippen molar-refractivity contribution in [3.05, 3.63) is 35.1 Å². The van der Waals surface area contributed by atoms with Crippen molar-refractivity contribution in [2.45, 2.75) is 31.2 Å². The molecule has 0 amide bonds. The fourth-order valence-electron chi connectivity index (χ4n) is 2.44. The molecular formula is C15H15F5N2O2. The lowest BCUT2D eigenvalue weighted by Gasteiger charge is -2.30. The zero-order chi connectivity index (χ0) is 18.1. The molecule has 0 radical (unpaired) electrons. The van der Waals surface area contributed by atoms with E-state index in [1.165, 1.54) is 13.0 Å². The molecule has 2 N–H and O–H groups in total. The van der Waals surface area contributed by atoms with Gasteiger partial charge in [0.15, 0.2) is 5.78 Å². The van der Waals surface area contributed by atoms with Crippen LogP contribution >= 0.6 is 0 Å². The fraction of sp³-hybridized carbons (Fsp3) is 0.467. The van der Waals surface area contributed by atoms with Crippen molar-refractivity contribution >= 4 is 11.6 Å². The number of nitrogens with zero attached hydrogens (tertiary/aromatic N) is 1. The number of halogens is 5. The number of nitrogens with two attached hydrogens (primary N) is 1. The molecule has 9 heteroatoms. The first kappa shape index (κ1) is 18.3. The first-order chi connectivity index (χ1) is 11.0. The van der Waals surface area contributed by atoms with Crippen molar-refractivity contribution in [2.24, 2.45) is 10.7 Å². The summed E-state index contributed by atoms with van der Waals surface area (Å²) in [6.07, 6.45) is -9.65. The summed E-state index contributed by atoms with van der Waals surface area (Å²) < 4.78 is 69.1. The van der Waals surface area contributed by atoms with Crippen molar-refractivity contribution in [3.63, 3.8) is 0 Å². The van der Waals surface area contributed by atoms with Gasteiger partial charge >= 0.3 is 6.18 Å². The van der Waals surface area contributed by atoms with Gasteiger partial charge in [0.2, 0.25) is 0 Å². The number of benzene rings is 1. The highest BCUT2D eigenvalue weighted by Gasteiger charge is 2.45. The van der Waals surface area contributed by atoms with Gasteiger partial charge in [-0.15, -0.1) is 0 Å². The largest absolute Gasteiger partial charge is 0.426 e. The monoisotopic (exact) mass is 350 g/mol. The molecule has 0 saturated carbocycles. The van der Waals surface area contributed by atoms with E-state index in [2.05, 4.69) is 4.99 Å². The summed E-state index contributed by atoms with van der Waals surface area (Å²) in [5.41, 5.74) is 4.46. The van der Waals surface area contributed by atoms with Crippen molar-refractivity contribution in [1.29, 1.82) is 0 Å². The summed E-state index contributed by atoms with van der Waals surface area (Å²) in [4.78, 5) is 15.5. The molecule has 2 atom stereocenters. The van der Waals surface area contributed by atoms with Crippen LogP contribution < -0.4 is 5.73 Å². The molecule has 1 aliphatic rings. The third kappa shape index (κ3) is 3.89. The molecule has 0 bridgehead atoms. The van der Waals surface area contributed by atoms with Crippen LogP contribution in [0.3, 0.4) is 0 Å². The molecule has 0 saturated heterocycles. The molecule has 2 rings (SSSR count). The molecule has 0 fully saturated rings. The van der Waals surface area contributed by atoms with Crippen LogP contribution in [0.2, 0.25) is 0 Å². The minimum absolute atomic E-state index is 0.0102. The highest BCUT2D eigenvalue weighted by Crippen LogP contribution is 2.31. The maximum absolute atomic E-state index is 14.1. The highest BCUT2D eigenvalue weighted by molar-refractivity contribution is 5.86. The molecule has 4 nitrogen and oxygen atoms in total. The topological polar surface area (TPSA) is 64.7 Å². The molecule has 0 aromatic heterocycles. The summed E-state index contributed by atoms with van der Waals surface area (Å²) in [5.74, 6) is -2.18. The zero-order valence-electron chi connectivity index (χ0n) is 12.7. The van der Waals surface area contributed by atoms with Crippen LogP contribution in [0.25, 0.3) is 0 Å². The summed E-state index contributed by atoms with van der Waals surface area (Å²) in [6, 6.07) is 3.30. The fourth-order valence-corrected chi connectivity index (χ4v) is 2.44. The number of amidine groups is 1. The van der Waals surface area contributed by atoms with E-state index in [-0.39, 0.29) is 30.2 Å². The Morgan fingerprint density at radius 3 is 2.71 bits per heavy atom. The Morgan fingerprint density at radius 1 is 1.46 bits per heavy atom. The maximum atomic E-state index is 14.1. The SMILES string of the molecule is C[C@@]1(c2cc(CC(=O)C(F)C(F)(F)F)ccc2F)COCC(N)=N1. The van der Waals surface area contributed by atoms with Gasteiger partial charge in [-0.05, 0) is 24.6 Å². The van der Waals surface area contributed by atoms with Gasteiger partial charge in [0.1, 0.15) is 23.8 Å². The van der Waals surface area contributed by atoms with Gasteiger partial charge in [0.05, 0.1) is 6.61 Å². The summed E-state index contributed by atoms with van der Waals surface area (Å²) >= 11 is 0. The Morgan fingerprint density at radius 2 is 2.12 bits per heavy atom. The Balaban J connectivity index is 2.30. The van der Waals surface area contributed by atoms with E-state index in [4.69, 9.17) is 10.5 Å². The van der Waals surface area contributed by atoms with E-state index in [0.717, 1.165) is 12.1 Å². The van der Waals surface area contributed by atoms with Gasteiger partial charge in [0.25, 0.3) is 6.17 Å². The summed E-state index contributed by atoms with van der Waals surface area (Å²) in [6.45, 7) is 1.64. The average molecular weight is 350 g/mol. The molecule has 1 heterocycles. The lowest BCUT2D eigenvalue weighted by molar-refractivity contribution is -0.185. The highest BCUT2D eigenvalue weighted by atomic mass is 19.4. The van der Waals surface area contributed by atoms with E-state index < -0.39 is 35.9 Å². The summed E-state index contributed by atoms with van der Waals surface area (Å²) in [5, 5.41) is 0. The first-order valence-corrected chi connectivity index (χ1v) is 6.97. The Hall–Kier alpha value is -2.03. The van der Waals surface area contributed by atoms with Crippen molar-refractivity contribution in [3.8, 4) is 0 Å². The smallest absolute Gasteiger partial charge is 0.386 e. The second kappa shape index (κ2) is 6.46. The van der Waals surface area contributed by atoms with Crippen molar-refractivity contribution in [2.75, 3.05) is 13.2 Å². The van der Waals surface area contributed by atoms with Crippen LogP contribution in [0.15, 0.2) is 23.2 Å². The first-order valence-electron chi connectivity index (χ1n) is 6.97. The molecule has 132 valence electrons. The zero-order valence-corrected chi connectivity index (χ0v) is 12.7. The number of rotatable bonds is 4. The molecule has 1 unspecified atom stereocenters. The number of carbonyl (C=O) groups is 1. The quantitative estimate of drug-likeness (QED) is 0.849. The normalized spacial score (nSPS) is 22.8. The van der Waals surface area contributed by atoms with Gasteiger partial charge in [-0.2, -0.15) is 13.2 Å². The van der Waals surface area contributed by atoms with Crippen LogP contribution in [0.1, 0.15) is 18.1 Å². The van der Waals surface area contributed by atoms with Gasteiger partial charge in [0, 0.05) is 12.0 Å². The van der Waals surface area contributed by atoms with Gasteiger partial charge in [-0.25, -0.2) is 8.78 Å². The van der Waals surface area contributed by atoms with Gasteiger partial charge in [-0.1, -0.05) is 6.07 Å². The third-order valence-corrected chi connectivity index (χ3v) is 3.58. The predicted octanol–water partition coefficient (Wildman–Crippen LogP) is 2.44. The number of carbonyl (C=O) groups excluding carboxylic acids is 1. The maximum Gasteiger partial charge on any atom is 0.426 e.